The molecule has 2 saturated carbocycles. The van der Waals surface area contributed by atoms with Crippen LogP contribution in [0.5, 0.6) is 0 Å². The molecule has 2 aliphatic carbocycles. The van der Waals surface area contributed by atoms with Crippen molar-refractivity contribution in [1.82, 2.24) is 10.2 Å². The molecule has 146 valence electrons. The number of fused-ring (bicyclic) bond motifs is 2. The maximum atomic E-state index is 12.3. The summed E-state index contributed by atoms with van der Waals surface area (Å²) in [6, 6.07) is 9.11. The monoisotopic (exact) mass is 383 g/mol. The van der Waals surface area contributed by atoms with Gasteiger partial charge in [-0.05, 0) is 37.8 Å². The first kappa shape index (κ1) is 18.3. The number of ether oxygens (including phenoxy) is 1. The van der Waals surface area contributed by atoms with E-state index in [1.165, 1.54) is 0 Å². The van der Waals surface area contributed by atoms with Crippen LogP contribution in [0.15, 0.2) is 34.7 Å². The van der Waals surface area contributed by atoms with Crippen molar-refractivity contribution in [3.63, 3.8) is 0 Å². The number of esters is 1. The molecule has 8 nitrogen and oxygen atoms in total. The van der Waals surface area contributed by atoms with E-state index >= 15 is 0 Å². The molecule has 0 saturated heterocycles. The first-order valence-electron chi connectivity index (χ1n) is 9.49. The Kier molecular flexibility index (Phi) is 5.18. The van der Waals surface area contributed by atoms with Crippen LogP contribution in [-0.4, -0.2) is 34.5 Å². The Morgan fingerprint density at radius 3 is 2.54 bits per heavy atom. The predicted molar refractivity (Wildman–Crippen MR) is 97.9 cm³/mol. The highest BCUT2D eigenvalue weighted by molar-refractivity contribution is 5.91. The molecule has 0 spiro atoms. The minimum absolute atomic E-state index is 0.0336. The van der Waals surface area contributed by atoms with Crippen molar-refractivity contribution in [3.8, 4) is 11.5 Å². The summed E-state index contributed by atoms with van der Waals surface area (Å²) < 4.78 is 10.5. The second-order valence-electron chi connectivity index (χ2n) is 7.33. The molecule has 2 fully saturated rings. The summed E-state index contributed by atoms with van der Waals surface area (Å²) in [6.45, 7) is -0.429. The van der Waals surface area contributed by atoms with E-state index in [1.54, 1.807) is 0 Å². The van der Waals surface area contributed by atoms with Gasteiger partial charge in [-0.1, -0.05) is 29.7 Å². The summed E-state index contributed by atoms with van der Waals surface area (Å²) >= 11 is 0. The fraction of sp³-hybridized carbons (Fsp3) is 0.450. The number of nitrogens with zero attached hydrogens (tertiary/aromatic N) is 2. The molecule has 2 bridgehead atoms. The Labute approximate surface area is 161 Å². The second kappa shape index (κ2) is 7.92. The molecule has 8 heteroatoms. The third-order valence-electron chi connectivity index (χ3n) is 5.42. The van der Waals surface area contributed by atoms with Gasteiger partial charge in [0.2, 0.25) is 5.89 Å². The lowest BCUT2D eigenvalue weighted by atomic mass is 9.67. The number of benzene rings is 1. The molecule has 1 heterocycles. The largest absolute Gasteiger partial charge is 0.455 e. The van der Waals surface area contributed by atoms with Gasteiger partial charge in [0, 0.05) is 17.4 Å². The number of nitrogens with one attached hydrogen (secondary N) is 1. The van der Waals surface area contributed by atoms with Gasteiger partial charge in [0.25, 0.3) is 5.91 Å². The first-order valence-corrected chi connectivity index (χ1v) is 9.49. The van der Waals surface area contributed by atoms with Crippen molar-refractivity contribution in [2.45, 2.75) is 32.1 Å². The molecule has 2 atom stereocenters. The average Bonchev–Trinajstić information content (AvgIpc) is 3.15. The van der Waals surface area contributed by atoms with Gasteiger partial charge in [0.1, 0.15) is 5.78 Å². The van der Waals surface area contributed by atoms with E-state index < -0.39 is 18.5 Å². The molecule has 1 amide bonds. The SMILES string of the molecule is O=C(COC(=O)C1CC2CCCC(C1)C2=O)Nc1nnc(-c2ccccc2)o1. The number of amides is 1. The molecule has 2 unspecified atom stereocenters. The summed E-state index contributed by atoms with van der Waals surface area (Å²) in [6.07, 6.45) is 3.79. The molecule has 2 aliphatic rings. The molecule has 1 aromatic carbocycles. The van der Waals surface area contributed by atoms with Crippen LogP contribution in [0.1, 0.15) is 32.1 Å². The number of hydrogen-bond acceptors (Lipinski definition) is 7. The van der Waals surface area contributed by atoms with Gasteiger partial charge in [0.15, 0.2) is 6.61 Å². The lowest BCUT2D eigenvalue weighted by Crippen LogP contribution is -2.40. The zero-order chi connectivity index (χ0) is 19.5. The molecule has 28 heavy (non-hydrogen) atoms. The summed E-state index contributed by atoms with van der Waals surface area (Å²) in [7, 11) is 0. The molecular formula is C20H21N3O5. The Morgan fingerprint density at radius 1 is 1.11 bits per heavy atom. The summed E-state index contributed by atoms with van der Waals surface area (Å²) in [5, 5.41) is 10.1. The Morgan fingerprint density at radius 2 is 1.82 bits per heavy atom. The van der Waals surface area contributed by atoms with E-state index in [0.717, 1.165) is 24.8 Å². The summed E-state index contributed by atoms with van der Waals surface area (Å²) in [5.41, 5.74) is 0.735. The fourth-order valence-electron chi connectivity index (χ4n) is 4.05. The Balaban J connectivity index is 1.27. The van der Waals surface area contributed by atoms with Crippen LogP contribution in [0.3, 0.4) is 0 Å². The highest BCUT2D eigenvalue weighted by atomic mass is 16.5. The van der Waals surface area contributed by atoms with Crippen LogP contribution in [0.2, 0.25) is 0 Å². The Bertz CT molecular complexity index is 863. The fourth-order valence-corrected chi connectivity index (χ4v) is 4.05. The third kappa shape index (κ3) is 3.95. The number of rotatable bonds is 5. The molecule has 1 N–H and O–H groups in total. The van der Waals surface area contributed by atoms with Crippen LogP contribution in [-0.2, 0) is 19.1 Å². The van der Waals surface area contributed by atoms with E-state index in [4.69, 9.17) is 9.15 Å². The lowest BCUT2D eigenvalue weighted by Gasteiger charge is -2.36. The Hall–Kier alpha value is -3.03. The molecule has 2 aromatic rings. The predicted octanol–water partition coefficient (Wildman–Crippen LogP) is 2.61. The lowest BCUT2D eigenvalue weighted by molar-refractivity contribution is -0.155. The standard InChI is InChI=1S/C20H21N3O5/c24-16(21-20-23-22-18(28-20)12-5-2-1-3-6-12)11-27-19(26)15-9-13-7-4-8-14(10-15)17(13)25/h1-3,5-6,13-15H,4,7-11H2,(H,21,23,24). The van der Waals surface area contributed by atoms with E-state index in [1.807, 2.05) is 30.3 Å². The minimum Gasteiger partial charge on any atom is -0.455 e. The van der Waals surface area contributed by atoms with E-state index in [-0.39, 0.29) is 29.7 Å². The number of ketones is 1. The number of aromatic nitrogens is 2. The minimum atomic E-state index is -0.552. The first-order chi connectivity index (χ1) is 13.6. The maximum absolute atomic E-state index is 12.3. The molecule has 0 aliphatic heterocycles. The van der Waals surface area contributed by atoms with Gasteiger partial charge >= 0.3 is 12.0 Å². The van der Waals surface area contributed by atoms with Gasteiger partial charge < -0.3 is 9.15 Å². The highest BCUT2D eigenvalue weighted by Gasteiger charge is 2.41. The van der Waals surface area contributed by atoms with Crippen molar-refractivity contribution in [1.29, 1.82) is 0 Å². The maximum Gasteiger partial charge on any atom is 0.322 e. The number of Topliss-reactive ketones (excluding diaryl/α,β-unsaturated/α-hetero) is 1. The van der Waals surface area contributed by atoms with E-state index in [2.05, 4.69) is 15.5 Å². The molecule has 1 aromatic heterocycles. The number of carbonyl (C=O) groups excluding carboxylic acids is 3. The topological polar surface area (TPSA) is 111 Å². The van der Waals surface area contributed by atoms with Crippen molar-refractivity contribution in [2.75, 3.05) is 11.9 Å². The van der Waals surface area contributed by atoms with Crippen LogP contribution < -0.4 is 5.32 Å². The van der Waals surface area contributed by atoms with Gasteiger partial charge in [-0.3, -0.25) is 19.7 Å². The third-order valence-corrected chi connectivity index (χ3v) is 5.42. The van der Waals surface area contributed by atoms with Gasteiger partial charge in [0.05, 0.1) is 5.92 Å². The van der Waals surface area contributed by atoms with Gasteiger partial charge in [-0.15, -0.1) is 5.10 Å². The van der Waals surface area contributed by atoms with Crippen LogP contribution in [0, 0.1) is 17.8 Å². The number of anilines is 1. The molecule has 4 rings (SSSR count). The summed E-state index contributed by atoms with van der Waals surface area (Å²) in [4.78, 5) is 36.5. The zero-order valence-electron chi connectivity index (χ0n) is 15.3. The average molecular weight is 383 g/mol. The van der Waals surface area contributed by atoms with Gasteiger partial charge in [-0.2, -0.15) is 0 Å². The van der Waals surface area contributed by atoms with E-state index in [9.17, 15) is 14.4 Å². The number of hydrogen-bond donors (Lipinski definition) is 1. The van der Waals surface area contributed by atoms with Crippen LogP contribution >= 0.6 is 0 Å². The number of carbonyl (C=O) groups is 3. The highest BCUT2D eigenvalue weighted by Crippen LogP contribution is 2.40. The normalized spacial score (nSPS) is 23.9. The quantitative estimate of drug-likeness (QED) is 0.790. The second-order valence-corrected chi connectivity index (χ2v) is 7.33. The van der Waals surface area contributed by atoms with Crippen molar-refractivity contribution < 1.29 is 23.5 Å². The van der Waals surface area contributed by atoms with E-state index in [0.29, 0.717) is 18.6 Å². The van der Waals surface area contributed by atoms with Crippen molar-refractivity contribution in [2.24, 2.45) is 17.8 Å². The molecule has 0 radical (unpaired) electrons. The van der Waals surface area contributed by atoms with Crippen molar-refractivity contribution in [3.05, 3.63) is 30.3 Å². The summed E-state index contributed by atoms with van der Waals surface area (Å²) in [5.74, 6) is -0.778. The molecular weight excluding hydrogens is 362 g/mol. The van der Waals surface area contributed by atoms with Crippen LogP contribution in [0.25, 0.3) is 11.5 Å². The zero-order valence-corrected chi connectivity index (χ0v) is 15.3. The smallest absolute Gasteiger partial charge is 0.322 e. The van der Waals surface area contributed by atoms with Crippen LogP contribution in [0.4, 0.5) is 6.01 Å². The van der Waals surface area contributed by atoms with Crippen molar-refractivity contribution >= 4 is 23.7 Å². The van der Waals surface area contributed by atoms with Gasteiger partial charge in [-0.25, -0.2) is 0 Å².